The van der Waals surface area contributed by atoms with Gasteiger partial charge in [-0.25, -0.2) is 8.42 Å². The Labute approximate surface area is 188 Å². The second-order valence-electron chi connectivity index (χ2n) is 6.66. The van der Waals surface area contributed by atoms with Gasteiger partial charge in [-0.15, -0.1) is 0 Å². The first-order chi connectivity index (χ1) is 15.5. The summed E-state index contributed by atoms with van der Waals surface area (Å²) in [7, 11) is -4.10. The van der Waals surface area contributed by atoms with Crippen molar-refractivity contribution in [3.8, 4) is 11.5 Å². The van der Waals surface area contributed by atoms with E-state index in [1.54, 1.807) is 72.8 Å². The van der Waals surface area contributed by atoms with Gasteiger partial charge in [-0.3, -0.25) is 4.79 Å². The lowest BCUT2D eigenvalue weighted by atomic mass is 10.2. The van der Waals surface area contributed by atoms with Crippen LogP contribution in [0, 0.1) is 0 Å². The second kappa shape index (κ2) is 10.6. The molecule has 0 aliphatic heterocycles. The van der Waals surface area contributed by atoms with Crippen molar-refractivity contribution in [2.45, 2.75) is 18.7 Å². The third-order valence-electron chi connectivity index (χ3n) is 4.46. The molecule has 0 spiro atoms. The lowest BCUT2D eigenvalue weighted by molar-refractivity contribution is -0.113. The molecule has 0 aromatic heterocycles. The Hall–Kier alpha value is -3.58. The SMILES string of the molecule is CCOc1ccc(/C=C/C(=O)N(c2ccccc2)S(=O)(=O)c2ccccc2)cc1OCC. The molecule has 3 aromatic rings. The molecule has 0 fully saturated rings. The van der Waals surface area contributed by atoms with E-state index in [2.05, 4.69) is 0 Å². The molecule has 0 aliphatic carbocycles. The molecular formula is C25H25NO5S. The number of carbonyl (C=O) groups excluding carboxylic acids is 1. The average molecular weight is 452 g/mol. The minimum Gasteiger partial charge on any atom is -0.490 e. The molecule has 3 aromatic carbocycles. The Balaban J connectivity index is 1.96. The zero-order valence-electron chi connectivity index (χ0n) is 18.0. The first-order valence-electron chi connectivity index (χ1n) is 10.2. The fourth-order valence-electron chi connectivity index (χ4n) is 3.05. The predicted molar refractivity (Wildman–Crippen MR) is 125 cm³/mol. The van der Waals surface area contributed by atoms with E-state index >= 15 is 0 Å². The van der Waals surface area contributed by atoms with Crippen molar-refractivity contribution in [1.29, 1.82) is 0 Å². The summed E-state index contributed by atoms with van der Waals surface area (Å²) in [6, 6.07) is 21.4. The first-order valence-corrected chi connectivity index (χ1v) is 11.7. The van der Waals surface area contributed by atoms with Crippen LogP contribution in [-0.2, 0) is 14.8 Å². The number of para-hydroxylation sites is 1. The maximum Gasteiger partial charge on any atom is 0.271 e. The van der Waals surface area contributed by atoms with Crippen molar-refractivity contribution in [2.24, 2.45) is 0 Å². The molecular weight excluding hydrogens is 426 g/mol. The van der Waals surface area contributed by atoms with Crippen LogP contribution < -0.4 is 13.8 Å². The lowest BCUT2D eigenvalue weighted by Gasteiger charge is -2.21. The van der Waals surface area contributed by atoms with Gasteiger partial charge in [-0.2, -0.15) is 4.31 Å². The van der Waals surface area contributed by atoms with Gasteiger partial charge in [0.1, 0.15) is 0 Å². The van der Waals surface area contributed by atoms with Crippen molar-refractivity contribution in [1.82, 2.24) is 0 Å². The molecule has 3 rings (SSSR count). The number of anilines is 1. The van der Waals surface area contributed by atoms with Gasteiger partial charge in [0, 0.05) is 6.08 Å². The van der Waals surface area contributed by atoms with Crippen LogP contribution in [0.5, 0.6) is 11.5 Å². The van der Waals surface area contributed by atoms with Crippen LogP contribution in [0.4, 0.5) is 5.69 Å². The van der Waals surface area contributed by atoms with Gasteiger partial charge in [-0.05, 0) is 61.9 Å². The molecule has 0 unspecified atom stereocenters. The van der Waals surface area contributed by atoms with E-state index < -0.39 is 15.9 Å². The number of nitrogens with zero attached hydrogens (tertiary/aromatic N) is 1. The van der Waals surface area contributed by atoms with Crippen LogP contribution in [-0.4, -0.2) is 27.5 Å². The van der Waals surface area contributed by atoms with E-state index in [4.69, 9.17) is 9.47 Å². The summed E-state index contributed by atoms with van der Waals surface area (Å²) in [4.78, 5) is 13.2. The Morgan fingerprint density at radius 3 is 2.06 bits per heavy atom. The van der Waals surface area contributed by atoms with E-state index in [1.165, 1.54) is 18.2 Å². The highest BCUT2D eigenvalue weighted by molar-refractivity contribution is 7.93. The third kappa shape index (κ3) is 5.36. The number of hydrogen-bond acceptors (Lipinski definition) is 5. The lowest BCUT2D eigenvalue weighted by Crippen LogP contribution is -2.35. The zero-order valence-corrected chi connectivity index (χ0v) is 18.8. The minimum atomic E-state index is -4.10. The quantitative estimate of drug-likeness (QED) is 0.432. The number of rotatable bonds is 9. The van der Waals surface area contributed by atoms with Crippen LogP contribution in [0.3, 0.4) is 0 Å². The van der Waals surface area contributed by atoms with Gasteiger partial charge in [0.2, 0.25) is 0 Å². The Morgan fingerprint density at radius 1 is 0.844 bits per heavy atom. The molecule has 166 valence electrons. The summed E-state index contributed by atoms with van der Waals surface area (Å²) in [5.74, 6) is 0.475. The molecule has 1 amide bonds. The Kier molecular flexibility index (Phi) is 7.68. The molecule has 0 bridgehead atoms. The zero-order chi connectivity index (χ0) is 23.0. The van der Waals surface area contributed by atoms with Crippen molar-refractivity contribution in [2.75, 3.05) is 17.5 Å². The van der Waals surface area contributed by atoms with Gasteiger partial charge in [0.25, 0.3) is 15.9 Å². The summed E-state index contributed by atoms with van der Waals surface area (Å²) >= 11 is 0. The second-order valence-corrected chi connectivity index (χ2v) is 8.45. The Morgan fingerprint density at radius 2 is 1.44 bits per heavy atom. The molecule has 0 N–H and O–H groups in total. The number of benzene rings is 3. The molecule has 0 aliphatic rings. The first kappa shape index (κ1) is 23.1. The molecule has 0 saturated heterocycles. The normalized spacial score (nSPS) is 11.3. The molecule has 0 heterocycles. The largest absolute Gasteiger partial charge is 0.490 e. The van der Waals surface area contributed by atoms with Gasteiger partial charge >= 0.3 is 0 Å². The fourth-order valence-corrected chi connectivity index (χ4v) is 4.46. The summed E-state index contributed by atoms with van der Waals surface area (Å²) in [5, 5.41) is 0. The summed E-state index contributed by atoms with van der Waals surface area (Å²) in [5.41, 5.74) is 0.933. The monoisotopic (exact) mass is 451 g/mol. The number of sulfonamides is 1. The molecule has 6 nitrogen and oxygen atoms in total. The number of ether oxygens (including phenoxy) is 2. The van der Waals surface area contributed by atoms with Crippen LogP contribution in [0.2, 0.25) is 0 Å². The van der Waals surface area contributed by atoms with Gasteiger partial charge in [0.15, 0.2) is 11.5 Å². The van der Waals surface area contributed by atoms with E-state index in [0.29, 0.717) is 30.3 Å². The van der Waals surface area contributed by atoms with Crippen LogP contribution in [0.1, 0.15) is 19.4 Å². The van der Waals surface area contributed by atoms with Crippen LogP contribution in [0.25, 0.3) is 6.08 Å². The van der Waals surface area contributed by atoms with Crippen molar-refractivity contribution < 1.29 is 22.7 Å². The molecule has 0 atom stereocenters. The summed E-state index contributed by atoms with van der Waals surface area (Å²) in [6.07, 6.45) is 2.79. The van der Waals surface area contributed by atoms with Crippen molar-refractivity contribution >= 4 is 27.7 Å². The highest BCUT2D eigenvalue weighted by Crippen LogP contribution is 2.29. The van der Waals surface area contributed by atoms with Crippen molar-refractivity contribution in [3.63, 3.8) is 0 Å². The highest BCUT2D eigenvalue weighted by Gasteiger charge is 2.29. The molecule has 7 heteroatoms. The summed E-state index contributed by atoms with van der Waals surface area (Å²) < 4.78 is 38.5. The van der Waals surface area contributed by atoms with Gasteiger partial charge < -0.3 is 9.47 Å². The standard InChI is InChI=1S/C25H25NO5S/c1-3-30-23-17-15-20(19-24(23)31-4-2)16-18-25(27)26(21-11-7-5-8-12-21)32(28,29)22-13-9-6-10-14-22/h5-19H,3-4H2,1-2H3/b18-16+. The average Bonchev–Trinajstić information content (AvgIpc) is 2.81. The molecule has 0 radical (unpaired) electrons. The third-order valence-corrected chi connectivity index (χ3v) is 6.20. The Bertz CT molecular complexity index is 1180. The van der Waals surface area contributed by atoms with Crippen molar-refractivity contribution in [3.05, 3.63) is 90.5 Å². The maximum atomic E-state index is 13.3. The number of amides is 1. The predicted octanol–water partition coefficient (Wildman–Crippen LogP) is 4.92. The van der Waals surface area contributed by atoms with E-state index in [0.717, 1.165) is 4.31 Å². The minimum absolute atomic E-state index is 0.0327. The van der Waals surface area contributed by atoms with Crippen LogP contribution >= 0.6 is 0 Å². The number of hydrogen-bond donors (Lipinski definition) is 0. The number of carbonyl (C=O) groups is 1. The topological polar surface area (TPSA) is 72.9 Å². The van der Waals surface area contributed by atoms with E-state index in [9.17, 15) is 13.2 Å². The maximum absolute atomic E-state index is 13.3. The molecule has 32 heavy (non-hydrogen) atoms. The summed E-state index contributed by atoms with van der Waals surface area (Å²) in [6.45, 7) is 4.71. The fraction of sp³-hybridized carbons (Fsp3) is 0.160. The smallest absolute Gasteiger partial charge is 0.271 e. The highest BCUT2D eigenvalue weighted by atomic mass is 32.2. The van der Waals surface area contributed by atoms with Gasteiger partial charge in [0.05, 0.1) is 23.8 Å². The molecule has 0 saturated carbocycles. The van der Waals surface area contributed by atoms with Gasteiger partial charge in [-0.1, -0.05) is 42.5 Å². The van der Waals surface area contributed by atoms with Crippen LogP contribution in [0.15, 0.2) is 89.8 Å². The van der Waals surface area contributed by atoms with E-state index in [-0.39, 0.29) is 10.6 Å². The van der Waals surface area contributed by atoms with E-state index in [1.807, 2.05) is 13.8 Å².